The number of carboxylic acid groups (broad SMARTS) is 1. The Labute approximate surface area is 114 Å². The fourth-order valence-electron chi connectivity index (χ4n) is 1.91. The molecular weight excluding hydrogens is 260 g/mol. The molecule has 0 amide bonds. The quantitative estimate of drug-likeness (QED) is 0.755. The second kappa shape index (κ2) is 5.12. The Bertz CT molecular complexity index is 737. The van der Waals surface area contributed by atoms with Crippen LogP contribution in [0.15, 0.2) is 17.1 Å². The number of anilines is 1. The van der Waals surface area contributed by atoms with Crippen molar-refractivity contribution in [2.24, 2.45) is 0 Å². The van der Waals surface area contributed by atoms with Crippen molar-refractivity contribution in [3.63, 3.8) is 0 Å². The van der Waals surface area contributed by atoms with Gasteiger partial charge < -0.3 is 15.8 Å². The highest BCUT2D eigenvalue weighted by Gasteiger charge is 2.15. The van der Waals surface area contributed by atoms with Crippen LogP contribution < -0.4 is 11.3 Å². The van der Waals surface area contributed by atoms with Crippen LogP contribution in [0.25, 0.3) is 11.5 Å². The standard InChI is InChI=1S/C13H14N4O3/c1-6-3-7(2)10(15-5-6)12-16-11(14)8(4-9(18)19)13(20)17-12/h3,5H,4H2,1-2H3,(H,18,19)(H3,14,16,17,20). The smallest absolute Gasteiger partial charge is 0.308 e. The number of nitrogen functional groups attached to an aromatic ring is 1. The number of aromatic nitrogens is 3. The summed E-state index contributed by atoms with van der Waals surface area (Å²) in [7, 11) is 0. The molecule has 0 atom stereocenters. The van der Waals surface area contributed by atoms with E-state index in [2.05, 4.69) is 15.0 Å². The van der Waals surface area contributed by atoms with E-state index in [1.807, 2.05) is 19.9 Å². The predicted octanol–water partition coefficient (Wildman–Crippen LogP) is 0.658. The lowest BCUT2D eigenvalue weighted by molar-refractivity contribution is -0.136. The van der Waals surface area contributed by atoms with E-state index < -0.39 is 17.9 Å². The summed E-state index contributed by atoms with van der Waals surface area (Å²) in [4.78, 5) is 33.3. The molecule has 4 N–H and O–H groups in total. The van der Waals surface area contributed by atoms with Crippen molar-refractivity contribution in [1.82, 2.24) is 15.0 Å². The van der Waals surface area contributed by atoms with Gasteiger partial charge in [0.25, 0.3) is 5.56 Å². The Morgan fingerprint density at radius 3 is 2.70 bits per heavy atom. The molecule has 104 valence electrons. The van der Waals surface area contributed by atoms with Gasteiger partial charge in [-0.15, -0.1) is 0 Å². The molecule has 2 rings (SSSR count). The molecule has 2 heterocycles. The molecule has 0 aromatic carbocycles. The second-order valence-corrected chi connectivity index (χ2v) is 4.53. The second-order valence-electron chi connectivity index (χ2n) is 4.53. The Hall–Kier alpha value is -2.70. The van der Waals surface area contributed by atoms with Crippen LogP contribution in [0.5, 0.6) is 0 Å². The van der Waals surface area contributed by atoms with Gasteiger partial charge in [-0.3, -0.25) is 14.6 Å². The number of hydrogen-bond donors (Lipinski definition) is 3. The lowest BCUT2D eigenvalue weighted by Crippen LogP contribution is -2.21. The molecule has 20 heavy (non-hydrogen) atoms. The number of aryl methyl sites for hydroxylation is 2. The number of carboxylic acids is 1. The van der Waals surface area contributed by atoms with Gasteiger partial charge in [-0.2, -0.15) is 0 Å². The zero-order valence-corrected chi connectivity index (χ0v) is 11.1. The maximum Gasteiger partial charge on any atom is 0.308 e. The van der Waals surface area contributed by atoms with Crippen LogP contribution >= 0.6 is 0 Å². The monoisotopic (exact) mass is 274 g/mol. The Morgan fingerprint density at radius 2 is 2.15 bits per heavy atom. The SMILES string of the molecule is Cc1cnc(-c2nc(N)c(CC(=O)O)c(=O)[nH]2)c(C)c1. The maximum atomic E-state index is 11.9. The van der Waals surface area contributed by atoms with E-state index in [-0.39, 0.29) is 17.2 Å². The Morgan fingerprint density at radius 1 is 1.45 bits per heavy atom. The van der Waals surface area contributed by atoms with Crippen molar-refractivity contribution in [1.29, 1.82) is 0 Å². The first-order valence-electron chi connectivity index (χ1n) is 5.92. The molecule has 0 bridgehead atoms. The van der Waals surface area contributed by atoms with Crippen LogP contribution in [-0.4, -0.2) is 26.0 Å². The topological polar surface area (TPSA) is 122 Å². The Kier molecular flexibility index (Phi) is 3.51. The van der Waals surface area contributed by atoms with Crippen LogP contribution in [0.2, 0.25) is 0 Å². The molecule has 0 spiro atoms. The summed E-state index contributed by atoms with van der Waals surface area (Å²) in [5, 5.41) is 8.73. The highest BCUT2D eigenvalue weighted by molar-refractivity contribution is 5.72. The maximum absolute atomic E-state index is 11.9. The van der Waals surface area contributed by atoms with E-state index in [1.165, 1.54) is 0 Å². The number of aromatic amines is 1. The van der Waals surface area contributed by atoms with Crippen molar-refractivity contribution in [2.45, 2.75) is 20.3 Å². The molecule has 0 saturated carbocycles. The van der Waals surface area contributed by atoms with Gasteiger partial charge in [0.15, 0.2) is 5.82 Å². The zero-order valence-electron chi connectivity index (χ0n) is 11.1. The van der Waals surface area contributed by atoms with Gasteiger partial charge in [0.2, 0.25) is 0 Å². The highest BCUT2D eigenvalue weighted by atomic mass is 16.4. The first-order valence-corrected chi connectivity index (χ1v) is 5.92. The largest absolute Gasteiger partial charge is 0.481 e. The van der Waals surface area contributed by atoms with Crippen LogP contribution in [0.4, 0.5) is 5.82 Å². The van der Waals surface area contributed by atoms with Crippen molar-refractivity contribution < 1.29 is 9.90 Å². The summed E-state index contributed by atoms with van der Waals surface area (Å²) >= 11 is 0. The van der Waals surface area contributed by atoms with Gasteiger partial charge in [-0.1, -0.05) is 6.07 Å². The minimum Gasteiger partial charge on any atom is -0.481 e. The number of nitrogens with two attached hydrogens (primary N) is 1. The molecule has 7 heteroatoms. The van der Waals surface area contributed by atoms with Gasteiger partial charge in [-0.05, 0) is 25.0 Å². The third-order valence-corrected chi connectivity index (χ3v) is 2.81. The predicted molar refractivity (Wildman–Crippen MR) is 73.3 cm³/mol. The van der Waals surface area contributed by atoms with E-state index in [9.17, 15) is 9.59 Å². The molecule has 2 aromatic rings. The molecule has 0 aliphatic heterocycles. The van der Waals surface area contributed by atoms with Crippen molar-refractivity contribution in [2.75, 3.05) is 5.73 Å². The average molecular weight is 274 g/mol. The normalized spacial score (nSPS) is 10.5. The molecule has 0 fully saturated rings. The van der Waals surface area contributed by atoms with Gasteiger partial charge in [0.1, 0.15) is 11.5 Å². The highest BCUT2D eigenvalue weighted by Crippen LogP contribution is 2.18. The molecule has 0 saturated heterocycles. The zero-order chi connectivity index (χ0) is 14.9. The third-order valence-electron chi connectivity index (χ3n) is 2.81. The molecule has 7 nitrogen and oxygen atoms in total. The van der Waals surface area contributed by atoms with Gasteiger partial charge in [0, 0.05) is 6.20 Å². The number of rotatable bonds is 3. The van der Waals surface area contributed by atoms with Crippen LogP contribution in [0, 0.1) is 13.8 Å². The average Bonchev–Trinajstić information content (AvgIpc) is 2.33. The first-order chi connectivity index (χ1) is 9.38. The number of nitrogens with one attached hydrogen (secondary N) is 1. The summed E-state index contributed by atoms with van der Waals surface area (Å²) < 4.78 is 0. The van der Waals surface area contributed by atoms with E-state index in [4.69, 9.17) is 10.8 Å². The summed E-state index contributed by atoms with van der Waals surface area (Å²) in [5.74, 6) is -0.992. The number of H-pyrrole nitrogens is 1. The van der Waals surface area contributed by atoms with Crippen LogP contribution in [0.3, 0.4) is 0 Å². The van der Waals surface area contributed by atoms with Gasteiger partial charge in [0.05, 0.1) is 12.0 Å². The summed E-state index contributed by atoms with van der Waals surface area (Å²) in [6.07, 6.45) is 1.19. The van der Waals surface area contributed by atoms with Crippen molar-refractivity contribution >= 4 is 11.8 Å². The molecule has 2 aromatic heterocycles. The van der Waals surface area contributed by atoms with Crippen molar-refractivity contribution in [3.05, 3.63) is 39.3 Å². The summed E-state index contributed by atoms with van der Waals surface area (Å²) in [6.45, 7) is 3.75. The summed E-state index contributed by atoms with van der Waals surface area (Å²) in [6, 6.07) is 1.91. The fraction of sp³-hybridized carbons (Fsp3) is 0.231. The lowest BCUT2D eigenvalue weighted by atomic mass is 10.1. The molecule has 0 aliphatic carbocycles. The van der Waals surface area contributed by atoms with E-state index in [0.29, 0.717) is 5.69 Å². The Balaban J connectivity index is 2.55. The summed E-state index contributed by atoms with van der Waals surface area (Å²) in [5.41, 5.74) is 7.41. The fourth-order valence-corrected chi connectivity index (χ4v) is 1.91. The van der Waals surface area contributed by atoms with E-state index in [1.54, 1.807) is 6.20 Å². The molecule has 0 unspecified atom stereocenters. The van der Waals surface area contributed by atoms with Crippen LogP contribution in [-0.2, 0) is 11.2 Å². The minimum absolute atomic E-state index is 0.0500. The van der Waals surface area contributed by atoms with E-state index >= 15 is 0 Å². The third kappa shape index (κ3) is 2.66. The van der Waals surface area contributed by atoms with Crippen LogP contribution in [0.1, 0.15) is 16.7 Å². The molecule has 0 radical (unpaired) electrons. The number of hydrogen-bond acceptors (Lipinski definition) is 5. The van der Waals surface area contributed by atoms with Crippen molar-refractivity contribution in [3.8, 4) is 11.5 Å². The molecular formula is C13H14N4O3. The first kappa shape index (κ1) is 13.7. The van der Waals surface area contributed by atoms with Gasteiger partial charge >= 0.3 is 5.97 Å². The number of carbonyl (C=O) groups is 1. The number of pyridine rings is 1. The minimum atomic E-state index is -1.14. The lowest BCUT2D eigenvalue weighted by Gasteiger charge is -2.07. The number of nitrogens with zero attached hydrogens (tertiary/aromatic N) is 2. The molecule has 0 aliphatic rings. The number of aliphatic carboxylic acids is 1. The van der Waals surface area contributed by atoms with E-state index in [0.717, 1.165) is 11.1 Å². The van der Waals surface area contributed by atoms with Gasteiger partial charge in [-0.25, -0.2) is 4.98 Å².